The summed E-state index contributed by atoms with van der Waals surface area (Å²) in [5, 5.41) is 0. The van der Waals surface area contributed by atoms with E-state index < -0.39 is 0 Å². The molecule has 4 heteroatoms. The highest BCUT2D eigenvalue weighted by Crippen LogP contribution is 2.35. The number of piperidine rings is 1. The fraction of sp³-hybridized carbons (Fsp3) is 0.944. The van der Waals surface area contributed by atoms with Gasteiger partial charge in [-0.3, -0.25) is 9.69 Å². The zero-order valence-corrected chi connectivity index (χ0v) is 14.8. The molecule has 22 heavy (non-hydrogen) atoms. The lowest BCUT2D eigenvalue weighted by atomic mass is 9.96. The molecular formula is C18H33N3O. The smallest absolute Gasteiger partial charge is 0.219 e. The van der Waals surface area contributed by atoms with Crippen molar-refractivity contribution in [3.05, 3.63) is 0 Å². The van der Waals surface area contributed by atoms with Crippen molar-refractivity contribution in [2.75, 3.05) is 45.8 Å². The molecule has 0 spiro atoms. The number of fused-ring (bicyclic) bond motifs is 1. The Labute approximate surface area is 135 Å². The second-order valence-electron chi connectivity index (χ2n) is 8.76. The van der Waals surface area contributed by atoms with E-state index in [1.165, 1.54) is 45.6 Å². The maximum Gasteiger partial charge on any atom is 0.219 e. The third-order valence-electron chi connectivity index (χ3n) is 6.09. The highest BCUT2D eigenvalue weighted by molar-refractivity contribution is 5.73. The van der Waals surface area contributed by atoms with E-state index in [1.54, 1.807) is 6.92 Å². The van der Waals surface area contributed by atoms with Crippen LogP contribution in [-0.4, -0.2) is 72.0 Å². The first kappa shape index (κ1) is 16.3. The van der Waals surface area contributed by atoms with E-state index in [-0.39, 0.29) is 5.91 Å². The maximum absolute atomic E-state index is 11.4. The Morgan fingerprint density at radius 3 is 2.00 bits per heavy atom. The molecule has 1 amide bonds. The van der Waals surface area contributed by atoms with E-state index in [1.807, 2.05) is 4.90 Å². The number of carbonyl (C=O) groups excluding carboxylic acids is 1. The summed E-state index contributed by atoms with van der Waals surface area (Å²) in [4.78, 5) is 18.8. The lowest BCUT2D eigenvalue weighted by Gasteiger charge is -2.35. The predicted octanol–water partition coefficient (Wildman–Crippen LogP) is 1.91. The van der Waals surface area contributed by atoms with Gasteiger partial charge in [0.25, 0.3) is 0 Å². The predicted molar refractivity (Wildman–Crippen MR) is 89.7 cm³/mol. The number of amides is 1. The molecule has 0 unspecified atom stereocenters. The summed E-state index contributed by atoms with van der Waals surface area (Å²) in [5.74, 6) is 2.82. The van der Waals surface area contributed by atoms with Gasteiger partial charge >= 0.3 is 0 Å². The molecule has 3 aliphatic rings. The Bertz CT molecular complexity index is 395. The van der Waals surface area contributed by atoms with Crippen LogP contribution in [0, 0.1) is 17.8 Å². The summed E-state index contributed by atoms with van der Waals surface area (Å²) in [7, 11) is 0. The molecule has 0 saturated carbocycles. The second-order valence-corrected chi connectivity index (χ2v) is 8.76. The van der Waals surface area contributed by atoms with Crippen LogP contribution in [0.1, 0.15) is 40.5 Å². The van der Waals surface area contributed by atoms with Gasteiger partial charge in [-0.25, -0.2) is 0 Å². The third kappa shape index (κ3) is 3.48. The SMILES string of the molecule is CC(=O)N1CCC(CN2C[C@@H]3CN(C(C)(C)C)C[C@@H]3C2)CC1. The number of hydrogen-bond acceptors (Lipinski definition) is 3. The molecule has 0 aromatic heterocycles. The molecule has 126 valence electrons. The first-order valence-corrected chi connectivity index (χ1v) is 9.06. The van der Waals surface area contributed by atoms with E-state index in [4.69, 9.17) is 0 Å². The van der Waals surface area contributed by atoms with Crippen molar-refractivity contribution in [2.24, 2.45) is 17.8 Å². The first-order valence-electron chi connectivity index (χ1n) is 9.06. The average Bonchev–Trinajstić information content (AvgIpc) is 2.96. The number of nitrogens with zero attached hydrogens (tertiary/aromatic N) is 3. The monoisotopic (exact) mass is 307 g/mol. The number of likely N-dealkylation sites (tertiary alicyclic amines) is 3. The van der Waals surface area contributed by atoms with Gasteiger partial charge in [-0.1, -0.05) is 0 Å². The minimum atomic E-state index is 0.247. The molecule has 4 nitrogen and oxygen atoms in total. The fourth-order valence-electron chi connectivity index (χ4n) is 4.58. The molecule has 0 radical (unpaired) electrons. The van der Waals surface area contributed by atoms with Gasteiger partial charge in [0.2, 0.25) is 5.91 Å². The summed E-state index contributed by atoms with van der Waals surface area (Å²) in [6.45, 7) is 17.1. The molecule has 3 rings (SSSR count). The number of carbonyl (C=O) groups is 1. The summed E-state index contributed by atoms with van der Waals surface area (Å²) in [5.41, 5.74) is 0.328. The molecule has 0 aliphatic carbocycles. The Hall–Kier alpha value is -0.610. The number of hydrogen-bond donors (Lipinski definition) is 0. The fourth-order valence-corrected chi connectivity index (χ4v) is 4.58. The highest BCUT2D eigenvalue weighted by Gasteiger charge is 2.43. The van der Waals surface area contributed by atoms with Gasteiger partial charge in [0.05, 0.1) is 0 Å². The van der Waals surface area contributed by atoms with Gasteiger partial charge in [-0.15, -0.1) is 0 Å². The van der Waals surface area contributed by atoms with Crippen LogP contribution in [0.4, 0.5) is 0 Å². The van der Waals surface area contributed by atoms with Gasteiger partial charge < -0.3 is 9.80 Å². The quantitative estimate of drug-likeness (QED) is 0.780. The second kappa shape index (κ2) is 6.12. The minimum Gasteiger partial charge on any atom is -0.343 e. The van der Waals surface area contributed by atoms with Crippen molar-refractivity contribution in [1.29, 1.82) is 0 Å². The summed E-state index contributed by atoms with van der Waals surface area (Å²) in [6.07, 6.45) is 2.39. The van der Waals surface area contributed by atoms with Crippen LogP contribution >= 0.6 is 0 Å². The first-order chi connectivity index (χ1) is 10.3. The van der Waals surface area contributed by atoms with E-state index in [2.05, 4.69) is 30.6 Å². The standard InChI is InChI=1S/C18H33N3O/c1-14(22)20-7-5-15(6-8-20)9-19-10-16-12-21(18(2,3)4)13-17(16)11-19/h15-17H,5-13H2,1-4H3/t16-,17+. The number of rotatable bonds is 2. The summed E-state index contributed by atoms with van der Waals surface area (Å²) >= 11 is 0. The normalized spacial score (nSPS) is 31.7. The van der Waals surface area contributed by atoms with E-state index in [0.29, 0.717) is 5.54 Å². The summed E-state index contributed by atoms with van der Waals surface area (Å²) in [6, 6.07) is 0. The lowest BCUT2D eigenvalue weighted by Crippen LogP contribution is -2.43. The van der Waals surface area contributed by atoms with Crippen molar-refractivity contribution in [2.45, 2.75) is 46.1 Å². The molecule has 0 bridgehead atoms. The molecule has 2 atom stereocenters. The Morgan fingerprint density at radius 1 is 1.00 bits per heavy atom. The van der Waals surface area contributed by atoms with Crippen LogP contribution in [0.2, 0.25) is 0 Å². The molecule has 0 aromatic rings. The highest BCUT2D eigenvalue weighted by atomic mass is 16.2. The van der Waals surface area contributed by atoms with E-state index in [0.717, 1.165) is 30.8 Å². The van der Waals surface area contributed by atoms with Gasteiger partial charge in [0, 0.05) is 58.3 Å². The van der Waals surface area contributed by atoms with Crippen molar-refractivity contribution in [3.63, 3.8) is 0 Å². The van der Waals surface area contributed by atoms with Gasteiger partial charge in [-0.2, -0.15) is 0 Å². The third-order valence-corrected chi connectivity index (χ3v) is 6.09. The zero-order chi connectivity index (χ0) is 15.9. The Morgan fingerprint density at radius 2 is 1.55 bits per heavy atom. The topological polar surface area (TPSA) is 26.8 Å². The molecule has 3 saturated heterocycles. The summed E-state index contributed by atoms with van der Waals surface area (Å²) < 4.78 is 0. The Kier molecular flexibility index (Phi) is 4.52. The van der Waals surface area contributed by atoms with Crippen molar-refractivity contribution in [3.8, 4) is 0 Å². The molecule has 0 N–H and O–H groups in total. The van der Waals surface area contributed by atoms with Crippen molar-refractivity contribution in [1.82, 2.24) is 14.7 Å². The largest absolute Gasteiger partial charge is 0.343 e. The van der Waals surface area contributed by atoms with Crippen LogP contribution in [0.15, 0.2) is 0 Å². The van der Waals surface area contributed by atoms with Crippen LogP contribution in [-0.2, 0) is 4.79 Å². The molecule has 3 heterocycles. The van der Waals surface area contributed by atoms with Crippen LogP contribution < -0.4 is 0 Å². The van der Waals surface area contributed by atoms with Crippen molar-refractivity contribution >= 4 is 5.91 Å². The zero-order valence-electron chi connectivity index (χ0n) is 14.8. The average molecular weight is 307 g/mol. The van der Waals surface area contributed by atoms with Crippen molar-refractivity contribution < 1.29 is 4.79 Å². The molecule has 3 aliphatic heterocycles. The Balaban J connectivity index is 1.43. The molecule has 3 fully saturated rings. The lowest BCUT2D eigenvalue weighted by molar-refractivity contribution is -0.130. The minimum absolute atomic E-state index is 0.247. The van der Waals surface area contributed by atoms with Crippen LogP contribution in [0.25, 0.3) is 0 Å². The molecule has 0 aromatic carbocycles. The van der Waals surface area contributed by atoms with E-state index >= 15 is 0 Å². The van der Waals surface area contributed by atoms with E-state index in [9.17, 15) is 4.79 Å². The van der Waals surface area contributed by atoms with Gasteiger partial charge in [-0.05, 0) is 51.4 Å². The van der Waals surface area contributed by atoms with Crippen LogP contribution in [0.5, 0.6) is 0 Å². The molecular weight excluding hydrogens is 274 g/mol. The van der Waals surface area contributed by atoms with Gasteiger partial charge in [0.1, 0.15) is 0 Å². The van der Waals surface area contributed by atoms with Gasteiger partial charge in [0.15, 0.2) is 0 Å². The maximum atomic E-state index is 11.4. The van der Waals surface area contributed by atoms with Crippen LogP contribution in [0.3, 0.4) is 0 Å².